The van der Waals surface area contributed by atoms with Crippen LogP contribution < -0.4 is 15.4 Å². The molecule has 2 aromatic rings. The quantitative estimate of drug-likeness (QED) is 0.534. The number of ether oxygens (including phenoxy) is 1. The average molecular weight is 388 g/mol. The molecule has 0 amide bonds. The van der Waals surface area contributed by atoms with Crippen molar-refractivity contribution in [2.24, 2.45) is 4.99 Å². The van der Waals surface area contributed by atoms with Gasteiger partial charge in [0.2, 0.25) is 5.88 Å². The van der Waals surface area contributed by atoms with Gasteiger partial charge in [-0.1, -0.05) is 13.0 Å². The van der Waals surface area contributed by atoms with Crippen LogP contribution in [-0.2, 0) is 19.5 Å². The van der Waals surface area contributed by atoms with E-state index in [9.17, 15) is 0 Å². The smallest absolute Gasteiger partial charge is 0.218 e. The highest BCUT2D eigenvalue weighted by Gasteiger charge is 2.18. The normalized spacial score (nSPS) is 15.1. The predicted molar refractivity (Wildman–Crippen MR) is 110 cm³/mol. The third-order valence-electron chi connectivity index (χ3n) is 4.54. The number of nitrogens with one attached hydrogen (secondary N) is 2. The Labute approximate surface area is 165 Å². The number of pyridine rings is 1. The van der Waals surface area contributed by atoms with Crippen LogP contribution in [0.4, 0.5) is 0 Å². The molecule has 0 aromatic carbocycles. The fraction of sp³-hybridized carbons (Fsp3) is 0.550. The molecule has 146 valence electrons. The fourth-order valence-electron chi connectivity index (χ4n) is 3.07. The van der Waals surface area contributed by atoms with E-state index in [1.54, 1.807) is 17.5 Å². The first-order valence-corrected chi connectivity index (χ1v) is 10.7. The second-order valence-corrected chi connectivity index (χ2v) is 7.81. The van der Waals surface area contributed by atoms with Gasteiger partial charge in [0.25, 0.3) is 0 Å². The molecule has 0 aliphatic heterocycles. The third-order valence-corrected chi connectivity index (χ3v) is 5.68. The summed E-state index contributed by atoms with van der Waals surface area (Å²) >= 11 is 1.74. The van der Waals surface area contributed by atoms with E-state index in [0.717, 1.165) is 48.2 Å². The van der Waals surface area contributed by atoms with Crippen LogP contribution in [0.25, 0.3) is 0 Å². The maximum Gasteiger partial charge on any atom is 0.218 e. The van der Waals surface area contributed by atoms with E-state index >= 15 is 0 Å². The largest absolute Gasteiger partial charge is 0.474 e. The molecule has 0 saturated heterocycles. The van der Waals surface area contributed by atoms with Gasteiger partial charge in [-0.3, -0.25) is 0 Å². The topological polar surface area (TPSA) is 71.4 Å². The van der Waals surface area contributed by atoms with Crippen LogP contribution in [0.2, 0.25) is 0 Å². The Bertz CT molecular complexity index is 739. The molecular weight excluding hydrogens is 358 g/mol. The number of aromatic nitrogens is 2. The summed E-state index contributed by atoms with van der Waals surface area (Å²) in [6.07, 6.45) is 9.80. The minimum absolute atomic E-state index is 0.298. The summed E-state index contributed by atoms with van der Waals surface area (Å²) in [5.74, 6) is 1.50. The summed E-state index contributed by atoms with van der Waals surface area (Å²) < 4.78 is 6.11. The van der Waals surface area contributed by atoms with Crippen molar-refractivity contribution in [1.29, 1.82) is 0 Å². The highest BCUT2D eigenvalue weighted by Crippen LogP contribution is 2.25. The van der Waals surface area contributed by atoms with Gasteiger partial charge in [0.1, 0.15) is 11.1 Å². The zero-order valence-electron chi connectivity index (χ0n) is 16.2. The number of aliphatic imine (C=N–C) groups is 1. The molecule has 0 unspecified atom stereocenters. The molecule has 7 heteroatoms. The Hall–Kier alpha value is -2.15. The highest BCUT2D eigenvalue weighted by atomic mass is 32.1. The van der Waals surface area contributed by atoms with Crippen LogP contribution in [0.3, 0.4) is 0 Å². The van der Waals surface area contributed by atoms with Crippen molar-refractivity contribution in [3.63, 3.8) is 0 Å². The molecule has 2 aromatic heterocycles. The summed E-state index contributed by atoms with van der Waals surface area (Å²) in [7, 11) is 0. The first-order valence-electron chi connectivity index (χ1n) is 9.84. The van der Waals surface area contributed by atoms with E-state index < -0.39 is 0 Å². The van der Waals surface area contributed by atoms with Crippen LogP contribution in [0.1, 0.15) is 55.0 Å². The van der Waals surface area contributed by atoms with Crippen LogP contribution in [0.15, 0.2) is 29.5 Å². The number of hydrogen-bond donors (Lipinski definition) is 2. The third kappa shape index (κ3) is 5.92. The molecule has 1 aliphatic carbocycles. The lowest BCUT2D eigenvalue weighted by molar-refractivity contribution is 0.199. The fourth-order valence-corrected chi connectivity index (χ4v) is 3.88. The van der Waals surface area contributed by atoms with Gasteiger partial charge in [0.15, 0.2) is 5.96 Å². The number of thiazole rings is 1. The van der Waals surface area contributed by atoms with Gasteiger partial charge in [-0.25, -0.2) is 15.0 Å². The highest BCUT2D eigenvalue weighted by molar-refractivity contribution is 7.11. The van der Waals surface area contributed by atoms with E-state index in [1.165, 1.54) is 17.7 Å². The number of rotatable bonds is 8. The zero-order valence-corrected chi connectivity index (χ0v) is 17.0. The van der Waals surface area contributed by atoms with Crippen molar-refractivity contribution >= 4 is 17.3 Å². The van der Waals surface area contributed by atoms with E-state index in [-0.39, 0.29) is 0 Å². The van der Waals surface area contributed by atoms with Crippen LogP contribution in [0, 0.1) is 0 Å². The maximum atomic E-state index is 6.11. The summed E-state index contributed by atoms with van der Waals surface area (Å²) in [6.45, 7) is 6.23. The molecular formula is C20H29N5OS. The molecule has 2 heterocycles. The van der Waals surface area contributed by atoms with Crippen LogP contribution in [0.5, 0.6) is 5.88 Å². The van der Waals surface area contributed by atoms with E-state index in [4.69, 9.17) is 9.73 Å². The monoisotopic (exact) mass is 387 g/mol. The van der Waals surface area contributed by atoms with Gasteiger partial charge in [-0.15, -0.1) is 11.3 Å². The maximum absolute atomic E-state index is 6.11. The van der Waals surface area contributed by atoms with Crippen molar-refractivity contribution in [3.05, 3.63) is 40.0 Å². The molecule has 2 N–H and O–H groups in total. The molecule has 1 fully saturated rings. The van der Waals surface area contributed by atoms with Crippen molar-refractivity contribution in [3.8, 4) is 5.88 Å². The first-order chi connectivity index (χ1) is 13.3. The lowest BCUT2D eigenvalue weighted by atomic mass is 10.2. The number of aryl methyl sites for hydroxylation is 1. The van der Waals surface area contributed by atoms with Gasteiger partial charge in [0.05, 0.1) is 13.1 Å². The predicted octanol–water partition coefficient (Wildman–Crippen LogP) is 3.68. The molecule has 0 bridgehead atoms. The van der Waals surface area contributed by atoms with Crippen molar-refractivity contribution in [2.45, 2.75) is 65.1 Å². The van der Waals surface area contributed by atoms with Crippen molar-refractivity contribution in [1.82, 2.24) is 20.6 Å². The molecule has 0 radical (unpaired) electrons. The van der Waals surface area contributed by atoms with Gasteiger partial charge in [0, 0.05) is 29.4 Å². The lowest BCUT2D eigenvalue weighted by Gasteiger charge is -2.15. The minimum Gasteiger partial charge on any atom is -0.474 e. The molecule has 0 atom stereocenters. The number of guanidine groups is 1. The van der Waals surface area contributed by atoms with Crippen LogP contribution in [-0.4, -0.2) is 28.6 Å². The Kier molecular flexibility index (Phi) is 7.45. The Morgan fingerprint density at radius 3 is 2.85 bits per heavy atom. The van der Waals surface area contributed by atoms with E-state index in [2.05, 4.69) is 34.4 Å². The Morgan fingerprint density at radius 1 is 1.26 bits per heavy atom. The van der Waals surface area contributed by atoms with Crippen LogP contribution >= 0.6 is 11.3 Å². The SMILES string of the molecule is CCNC(=NCc1cccnc1OC1CCCC1)NCc1ncc(CC)s1. The summed E-state index contributed by atoms with van der Waals surface area (Å²) in [5.41, 5.74) is 1.02. The van der Waals surface area contributed by atoms with Gasteiger partial charge in [-0.2, -0.15) is 0 Å². The van der Waals surface area contributed by atoms with Gasteiger partial charge < -0.3 is 15.4 Å². The van der Waals surface area contributed by atoms with Gasteiger partial charge >= 0.3 is 0 Å². The molecule has 27 heavy (non-hydrogen) atoms. The molecule has 0 spiro atoms. The second-order valence-electron chi connectivity index (χ2n) is 6.61. The second kappa shape index (κ2) is 10.3. The summed E-state index contributed by atoms with van der Waals surface area (Å²) in [6, 6.07) is 3.98. The Balaban J connectivity index is 1.62. The molecule has 3 rings (SSSR count). The summed E-state index contributed by atoms with van der Waals surface area (Å²) in [4.78, 5) is 14.9. The van der Waals surface area contributed by atoms with Gasteiger partial charge in [-0.05, 0) is 45.1 Å². The summed E-state index contributed by atoms with van der Waals surface area (Å²) in [5, 5.41) is 7.73. The zero-order chi connectivity index (χ0) is 18.9. The minimum atomic E-state index is 0.298. The molecule has 6 nitrogen and oxygen atoms in total. The van der Waals surface area contributed by atoms with Crippen molar-refractivity contribution in [2.75, 3.05) is 6.54 Å². The number of nitrogens with zero attached hydrogens (tertiary/aromatic N) is 3. The Morgan fingerprint density at radius 2 is 2.11 bits per heavy atom. The van der Waals surface area contributed by atoms with E-state index in [1.807, 2.05) is 18.3 Å². The van der Waals surface area contributed by atoms with Crippen molar-refractivity contribution < 1.29 is 4.74 Å². The average Bonchev–Trinajstić information content (AvgIpc) is 3.37. The van der Waals surface area contributed by atoms with E-state index in [0.29, 0.717) is 19.2 Å². The molecule has 1 saturated carbocycles. The standard InChI is InChI=1S/C20H29N5OS/c1-3-17-13-23-18(27-17)14-25-20(21-4-2)24-12-15-8-7-11-22-19(15)26-16-9-5-6-10-16/h7-8,11,13,16H,3-6,9-10,12,14H2,1-2H3,(H2,21,24,25). The lowest BCUT2D eigenvalue weighted by Crippen LogP contribution is -2.36. The first kappa shape index (κ1) is 19.6. The number of hydrogen-bond acceptors (Lipinski definition) is 5. The molecule has 1 aliphatic rings.